The average molecular weight is 253 g/mol. The first kappa shape index (κ1) is 12.6. The highest BCUT2D eigenvalue weighted by atomic mass is 16.5. The minimum atomic E-state index is -0.960. The minimum absolute atomic E-state index is 0.129. The van der Waals surface area contributed by atoms with E-state index in [0.717, 1.165) is 0 Å². The molecule has 7 nitrogen and oxygen atoms in total. The summed E-state index contributed by atoms with van der Waals surface area (Å²) in [5.41, 5.74) is 1.72. The number of nitrogens with one attached hydrogen (secondary N) is 2. The highest BCUT2D eigenvalue weighted by Crippen LogP contribution is 2.16. The number of carbonyl (C=O) groups excluding carboxylic acids is 1. The molecule has 1 fully saturated rings. The number of nitrogens with zero attached hydrogens (tertiary/aromatic N) is 1. The van der Waals surface area contributed by atoms with E-state index in [1.165, 1.54) is 0 Å². The molecule has 1 aromatic rings. The molecule has 1 amide bonds. The number of aromatic amines is 1. The van der Waals surface area contributed by atoms with E-state index in [9.17, 15) is 9.59 Å². The monoisotopic (exact) mass is 253 g/mol. The van der Waals surface area contributed by atoms with Crippen LogP contribution in [-0.2, 0) is 9.53 Å². The Morgan fingerprint density at radius 2 is 2.17 bits per heavy atom. The number of aliphatic carboxylic acids is 1. The van der Waals surface area contributed by atoms with Crippen LogP contribution in [0.4, 0.5) is 0 Å². The molecular weight excluding hydrogens is 238 g/mol. The van der Waals surface area contributed by atoms with Crippen LogP contribution in [0, 0.1) is 19.8 Å². The molecule has 2 atom stereocenters. The zero-order valence-corrected chi connectivity index (χ0v) is 10.2. The Bertz CT molecular complexity index is 463. The first-order chi connectivity index (χ1) is 8.50. The van der Waals surface area contributed by atoms with Gasteiger partial charge in [0.1, 0.15) is 5.92 Å². The second-order valence-corrected chi connectivity index (χ2v) is 4.37. The highest BCUT2D eigenvalue weighted by Gasteiger charge is 2.35. The number of H-pyrrole nitrogens is 1. The second-order valence-electron chi connectivity index (χ2n) is 4.37. The fourth-order valence-corrected chi connectivity index (χ4v) is 2.07. The van der Waals surface area contributed by atoms with Crippen molar-refractivity contribution in [3.8, 4) is 0 Å². The van der Waals surface area contributed by atoms with Crippen LogP contribution >= 0.6 is 0 Å². The molecule has 0 radical (unpaired) electrons. The van der Waals surface area contributed by atoms with E-state index in [0.29, 0.717) is 17.0 Å². The number of rotatable bonds is 3. The number of hydrogen-bond donors (Lipinski definition) is 3. The van der Waals surface area contributed by atoms with Crippen molar-refractivity contribution in [2.24, 2.45) is 5.92 Å². The number of carboxylic acids is 1. The van der Waals surface area contributed by atoms with Crippen LogP contribution < -0.4 is 5.32 Å². The molecule has 98 valence electrons. The number of ether oxygens (including phenoxy) is 1. The Labute approximate surface area is 104 Å². The predicted octanol–water partition coefficient (Wildman–Crippen LogP) is -0.144. The summed E-state index contributed by atoms with van der Waals surface area (Å²) in [4.78, 5) is 23.0. The minimum Gasteiger partial charge on any atom is -0.481 e. The van der Waals surface area contributed by atoms with Crippen molar-refractivity contribution in [1.82, 2.24) is 15.5 Å². The van der Waals surface area contributed by atoms with E-state index < -0.39 is 17.9 Å². The molecule has 2 heterocycles. The molecule has 1 aromatic heterocycles. The summed E-state index contributed by atoms with van der Waals surface area (Å²) in [7, 11) is 0. The van der Waals surface area contributed by atoms with Gasteiger partial charge in [0.2, 0.25) is 0 Å². The van der Waals surface area contributed by atoms with Gasteiger partial charge in [0.15, 0.2) is 0 Å². The second kappa shape index (κ2) is 4.77. The van der Waals surface area contributed by atoms with E-state index in [1.807, 2.05) is 0 Å². The molecule has 0 spiro atoms. The van der Waals surface area contributed by atoms with E-state index in [-0.39, 0.29) is 19.1 Å². The van der Waals surface area contributed by atoms with Crippen molar-refractivity contribution in [1.29, 1.82) is 0 Å². The lowest BCUT2D eigenvalue weighted by molar-refractivity contribution is -0.142. The van der Waals surface area contributed by atoms with Crippen molar-refractivity contribution in [3.05, 3.63) is 17.0 Å². The number of aromatic nitrogens is 2. The van der Waals surface area contributed by atoms with Gasteiger partial charge in [-0.3, -0.25) is 14.7 Å². The van der Waals surface area contributed by atoms with Crippen molar-refractivity contribution < 1.29 is 19.4 Å². The normalized spacial score (nSPS) is 23.0. The molecule has 18 heavy (non-hydrogen) atoms. The zero-order chi connectivity index (χ0) is 13.3. The highest BCUT2D eigenvalue weighted by molar-refractivity contribution is 5.96. The van der Waals surface area contributed by atoms with E-state index >= 15 is 0 Å². The topological polar surface area (TPSA) is 104 Å². The summed E-state index contributed by atoms with van der Waals surface area (Å²) in [6.07, 6.45) is 0. The van der Waals surface area contributed by atoms with Crippen molar-refractivity contribution in [2.45, 2.75) is 19.9 Å². The molecule has 0 aliphatic carbocycles. The number of amides is 1. The van der Waals surface area contributed by atoms with Crippen LogP contribution in [0.15, 0.2) is 0 Å². The number of aryl methyl sites for hydroxylation is 2. The maximum absolute atomic E-state index is 12.1. The number of carbonyl (C=O) groups is 2. The first-order valence-corrected chi connectivity index (χ1v) is 5.63. The van der Waals surface area contributed by atoms with Crippen molar-refractivity contribution >= 4 is 11.9 Å². The van der Waals surface area contributed by atoms with E-state index in [4.69, 9.17) is 9.84 Å². The molecule has 1 aliphatic heterocycles. The molecule has 0 aromatic carbocycles. The fourth-order valence-electron chi connectivity index (χ4n) is 2.07. The van der Waals surface area contributed by atoms with Gasteiger partial charge in [-0.25, -0.2) is 0 Å². The summed E-state index contributed by atoms with van der Waals surface area (Å²) in [6, 6.07) is -0.497. The molecule has 2 unspecified atom stereocenters. The molecule has 7 heteroatoms. The predicted molar refractivity (Wildman–Crippen MR) is 61.3 cm³/mol. The third kappa shape index (κ3) is 2.21. The first-order valence-electron chi connectivity index (χ1n) is 5.63. The molecular formula is C11H15N3O4. The Hall–Kier alpha value is -1.89. The van der Waals surface area contributed by atoms with E-state index in [2.05, 4.69) is 15.5 Å². The fraction of sp³-hybridized carbons (Fsp3) is 0.545. The standard InChI is InChI=1S/C11H15N3O4/c1-5-9(6(2)14-13-5)10(15)12-8-4-18-3-7(8)11(16)17/h7-8H,3-4H2,1-2H3,(H,12,15)(H,13,14)(H,16,17). The Morgan fingerprint density at radius 1 is 1.44 bits per heavy atom. The van der Waals surface area contributed by atoms with Crippen LogP contribution in [0.25, 0.3) is 0 Å². The lowest BCUT2D eigenvalue weighted by atomic mass is 10.0. The molecule has 1 aliphatic rings. The van der Waals surface area contributed by atoms with Crippen LogP contribution in [-0.4, -0.2) is 46.4 Å². The average Bonchev–Trinajstić information content (AvgIpc) is 2.86. The Balaban J connectivity index is 2.10. The summed E-state index contributed by atoms with van der Waals surface area (Å²) < 4.78 is 5.09. The Morgan fingerprint density at radius 3 is 2.72 bits per heavy atom. The lowest BCUT2D eigenvalue weighted by Crippen LogP contribution is -2.43. The summed E-state index contributed by atoms with van der Waals surface area (Å²) in [5, 5.41) is 18.3. The molecule has 3 N–H and O–H groups in total. The maximum atomic E-state index is 12.1. The SMILES string of the molecule is Cc1n[nH]c(C)c1C(=O)NC1COCC1C(=O)O. The summed E-state index contributed by atoms with van der Waals surface area (Å²) in [5.74, 6) is -1.97. The maximum Gasteiger partial charge on any atom is 0.311 e. The van der Waals surface area contributed by atoms with Gasteiger partial charge >= 0.3 is 5.97 Å². The van der Waals surface area contributed by atoms with Crippen LogP contribution in [0.2, 0.25) is 0 Å². The van der Waals surface area contributed by atoms with Crippen molar-refractivity contribution in [2.75, 3.05) is 13.2 Å². The van der Waals surface area contributed by atoms with Gasteiger partial charge < -0.3 is 15.2 Å². The van der Waals surface area contributed by atoms with Gasteiger partial charge in [0, 0.05) is 5.69 Å². The van der Waals surface area contributed by atoms with Gasteiger partial charge in [-0.15, -0.1) is 0 Å². The number of carboxylic acid groups (broad SMARTS) is 1. The van der Waals surface area contributed by atoms with Crippen LogP contribution in [0.1, 0.15) is 21.7 Å². The van der Waals surface area contributed by atoms with Crippen LogP contribution in [0.5, 0.6) is 0 Å². The number of hydrogen-bond acceptors (Lipinski definition) is 4. The van der Waals surface area contributed by atoms with Crippen LogP contribution in [0.3, 0.4) is 0 Å². The zero-order valence-electron chi connectivity index (χ0n) is 10.2. The van der Waals surface area contributed by atoms with Gasteiger partial charge in [-0.1, -0.05) is 0 Å². The molecule has 0 bridgehead atoms. The quantitative estimate of drug-likeness (QED) is 0.695. The van der Waals surface area contributed by atoms with Gasteiger partial charge in [-0.2, -0.15) is 5.10 Å². The van der Waals surface area contributed by atoms with Gasteiger partial charge in [-0.05, 0) is 13.8 Å². The van der Waals surface area contributed by atoms with E-state index in [1.54, 1.807) is 13.8 Å². The molecule has 1 saturated heterocycles. The lowest BCUT2D eigenvalue weighted by Gasteiger charge is -2.15. The van der Waals surface area contributed by atoms with Gasteiger partial charge in [0.25, 0.3) is 5.91 Å². The molecule has 0 saturated carbocycles. The summed E-state index contributed by atoms with van der Waals surface area (Å²) in [6.45, 7) is 3.81. The smallest absolute Gasteiger partial charge is 0.311 e. The Kier molecular flexibility index (Phi) is 3.33. The third-order valence-corrected chi connectivity index (χ3v) is 3.07. The van der Waals surface area contributed by atoms with Crippen molar-refractivity contribution in [3.63, 3.8) is 0 Å². The molecule has 2 rings (SSSR count). The van der Waals surface area contributed by atoms with Gasteiger partial charge in [0.05, 0.1) is 30.5 Å². The summed E-state index contributed by atoms with van der Waals surface area (Å²) >= 11 is 0. The largest absolute Gasteiger partial charge is 0.481 e. The third-order valence-electron chi connectivity index (χ3n) is 3.07.